The molecule has 1 heterocycles. The Morgan fingerprint density at radius 2 is 1.68 bits per heavy atom. The molecule has 0 aromatic carbocycles. The second-order valence-corrected chi connectivity index (χ2v) is 6.55. The summed E-state index contributed by atoms with van der Waals surface area (Å²) < 4.78 is 0. The van der Waals surface area contributed by atoms with Crippen LogP contribution in [0.3, 0.4) is 0 Å². The van der Waals surface area contributed by atoms with E-state index in [1.807, 2.05) is 0 Å². The molecule has 19 heavy (non-hydrogen) atoms. The molecule has 3 atom stereocenters. The van der Waals surface area contributed by atoms with Crippen molar-refractivity contribution in [3.05, 3.63) is 0 Å². The van der Waals surface area contributed by atoms with Crippen LogP contribution in [0, 0.1) is 11.8 Å². The third-order valence-corrected chi connectivity index (χ3v) is 5.45. The number of carbonyl (C=O) groups is 1. The van der Waals surface area contributed by atoms with E-state index in [-0.39, 0.29) is 18.4 Å². The fraction of sp³-hybridized carbons (Fsp3) is 0.933. The van der Waals surface area contributed by atoms with Gasteiger partial charge in [-0.3, -0.25) is 9.69 Å². The van der Waals surface area contributed by atoms with E-state index in [0.717, 1.165) is 18.9 Å². The lowest BCUT2D eigenvalue weighted by molar-refractivity contribution is -0.142. The molecule has 3 aliphatic rings. The average molecular weight is 288 g/mol. The molecule has 1 saturated heterocycles. The molecule has 3 nitrogen and oxygen atoms in total. The lowest BCUT2D eigenvalue weighted by Crippen LogP contribution is -2.44. The first kappa shape index (κ1) is 15.1. The van der Waals surface area contributed by atoms with Crippen LogP contribution >= 0.6 is 12.4 Å². The van der Waals surface area contributed by atoms with Gasteiger partial charge in [-0.2, -0.15) is 0 Å². The summed E-state index contributed by atoms with van der Waals surface area (Å²) in [5.74, 6) is 0.858. The van der Waals surface area contributed by atoms with Gasteiger partial charge in [0.05, 0.1) is 0 Å². The first-order valence-corrected chi connectivity index (χ1v) is 7.74. The van der Waals surface area contributed by atoms with E-state index in [1.54, 1.807) is 0 Å². The van der Waals surface area contributed by atoms with Gasteiger partial charge in [0.15, 0.2) is 0 Å². The molecule has 0 spiro atoms. The van der Waals surface area contributed by atoms with Crippen molar-refractivity contribution in [3.8, 4) is 0 Å². The Morgan fingerprint density at radius 1 is 1.05 bits per heavy atom. The molecule has 3 unspecified atom stereocenters. The minimum atomic E-state index is -0.581. The van der Waals surface area contributed by atoms with Gasteiger partial charge in [-0.1, -0.05) is 25.7 Å². The van der Waals surface area contributed by atoms with Crippen molar-refractivity contribution in [2.45, 2.75) is 69.9 Å². The highest BCUT2D eigenvalue weighted by molar-refractivity contribution is 5.85. The molecule has 1 aliphatic heterocycles. The highest BCUT2D eigenvalue weighted by Crippen LogP contribution is 2.41. The van der Waals surface area contributed by atoms with Gasteiger partial charge < -0.3 is 5.11 Å². The maximum absolute atomic E-state index is 11.5. The van der Waals surface area contributed by atoms with Crippen molar-refractivity contribution in [1.29, 1.82) is 0 Å². The molecule has 110 valence electrons. The van der Waals surface area contributed by atoms with Crippen molar-refractivity contribution < 1.29 is 9.90 Å². The molecule has 3 fully saturated rings. The van der Waals surface area contributed by atoms with E-state index in [9.17, 15) is 9.90 Å². The Bertz CT molecular complexity index is 317. The molecule has 0 bridgehead atoms. The van der Waals surface area contributed by atoms with E-state index in [1.165, 1.54) is 51.4 Å². The Morgan fingerprint density at radius 3 is 2.37 bits per heavy atom. The van der Waals surface area contributed by atoms with E-state index in [4.69, 9.17) is 0 Å². The molecule has 1 N–H and O–H groups in total. The lowest BCUT2D eigenvalue weighted by Gasteiger charge is -2.34. The second-order valence-electron chi connectivity index (χ2n) is 6.55. The number of carboxylic acids is 1. The molecule has 2 saturated carbocycles. The maximum atomic E-state index is 11.5. The number of hydrogen-bond donors (Lipinski definition) is 1. The van der Waals surface area contributed by atoms with Gasteiger partial charge in [-0.05, 0) is 43.9 Å². The van der Waals surface area contributed by atoms with Gasteiger partial charge in [0.25, 0.3) is 0 Å². The fourth-order valence-electron chi connectivity index (χ4n) is 4.55. The van der Waals surface area contributed by atoms with Crippen LogP contribution in [0.4, 0.5) is 0 Å². The number of halogens is 1. The molecule has 2 aliphatic carbocycles. The van der Waals surface area contributed by atoms with Crippen LogP contribution < -0.4 is 0 Å². The maximum Gasteiger partial charge on any atom is 0.320 e. The first-order chi connectivity index (χ1) is 8.75. The molecule has 4 heteroatoms. The summed E-state index contributed by atoms with van der Waals surface area (Å²) >= 11 is 0. The Labute approximate surface area is 122 Å². The highest BCUT2D eigenvalue weighted by atomic mass is 35.5. The summed E-state index contributed by atoms with van der Waals surface area (Å²) in [4.78, 5) is 13.9. The zero-order valence-electron chi connectivity index (χ0n) is 11.6. The van der Waals surface area contributed by atoms with Gasteiger partial charge >= 0.3 is 5.97 Å². The normalized spacial score (nSPS) is 35.9. The van der Waals surface area contributed by atoms with Crippen molar-refractivity contribution in [1.82, 2.24) is 4.90 Å². The largest absolute Gasteiger partial charge is 0.480 e. The predicted octanol–water partition coefficient (Wildman–Crippen LogP) is 3.32. The number of likely N-dealkylation sites (tertiary alicyclic amines) is 1. The van der Waals surface area contributed by atoms with Gasteiger partial charge in [0.2, 0.25) is 0 Å². The lowest BCUT2D eigenvalue weighted by atomic mass is 9.84. The molecular formula is C15H26ClNO2. The highest BCUT2D eigenvalue weighted by Gasteiger charge is 2.45. The van der Waals surface area contributed by atoms with Gasteiger partial charge in [-0.25, -0.2) is 0 Å². The van der Waals surface area contributed by atoms with Crippen LogP contribution in [-0.4, -0.2) is 34.6 Å². The second kappa shape index (κ2) is 6.45. The fourth-order valence-corrected chi connectivity index (χ4v) is 4.55. The number of rotatable bonds is 3. The summed E-state index contributed by atoms with van der Waals surface area (Å²) in [6.07, 6.45) is 11.4. The monoisotopic (exact) mass is 287 g/mol. The van der Waals surface area contributed by atoms with Crippen LogP contribution in [0.5, 0.6) is 0 Å². The SMILES string of the molecule is Cl.O=C(O)C1CC2CCCCC2N1CC1CCCC1. The number of nitrogens with zero attached hydrogens (tertiary/aromatic N) is 1. The Kier molecular flexibility index (Phi) is 5.13. The van der Waals surface area contributed by atoms with Gasteiger partial charge in [0.1, 0.15) is 6.04 Å². The van der Waals surface area contributed by atoms with Crippen LogP contribution in [0.1, 0.15) is 57.8 Å². The van der Waals surface area contributed by atoms with Gasteiger partial charge in [-0.15, -0.1) is 12.4 Å². The molecule has 0 aromatic heterocycles. The Balaban J connectivity index is 0.00000133. The van der Waals surface area contributed by atoms with E-state index in [0.29, 0.717) is 12.0 Å². The minimum Gasteiger partial charge on any atom is -0.480 e. The van der Waals surface area contributed by atoms with Crippen molar-refractivity contribution >= 4 is 18.4 Å². The molecule has 0 radical (unpaired) electrons. The zero-order valence-corrected chi connectivity index (χ0v) is 12.4. The summed E-state index contributed by atoms with van der Waals surface area (Å²) in [6, 6.07) is 0.402. The molecule has 0 amide bonds. The van der Waals surface area contributed by atoms with Crippen LogP contribution in [0.2, 0.25) is 0 Å². The van der Waals surface area contributed by atoms with Crippen molar-refractivity contribution in [3.63, 3.8) is 0 Å². The van der Waals surface area contributed by atoms with Crippen molar-refractivity contribution in [2.24, 2.45) is 11.8 Å². The third kappa shape index (κ3) is 3.08. The number of carboxylic acid groups (broad SMARTS) is 1. The standard InChI is InChI=1S/C15H25NO2.ClH/c17-15(18)14-9-12-7-3-4-8-13(12)16(14)10-11-5-1-2-6-11;/h11-14H,1-10H2,(H,17,18);1H. The zero-order chi connectivity index (χ0) is 12.5. The quantitative estimate of drug-likeness (QED) is 0.866. The smallest absolute Gasteiger partial charge is 0.320 e. The topological polar surface area (TPSA) is 40.5 Å². The van der Waals surface area contributed by atoms with Crippen LogP contribution in [0.25, 0.3) is 0 Å². The van der Waals surface area contributed by atoms with Crippen molar-refractivity contribution in [2.75, 3.05) is 6.54 Å². The number of fused-ring (bicyclic) bond motifs is 1. The van der Waals surface area contributed by atoms with E-state index >= 15 is 0 Å². The first-order valence-electron chi connectivity index (χ1n) is 7.74. The van der Waals surface area contributed by atoms with Gasteiger partial charge in [0, 0.05) is 12.6 Å². The van der Waals surface area contributed by atoms with Crippen LogP contribution in [-0.2, 0) is 4.79 Å². The summed E-state index contributed by atoms with van der Waals surface area (Å²) in [5.41, 5.74) is 0. The summed E-state index contributed by atoms with van der Waals surface area (Å²) in [6.45, 7) is 1.05. The minimum absolute atomic E-state index is 0. The summed E-state index contributed by atoms with van der Waals surface area (Å²) in [5, 5.41) is 9.46. The average Bonchev–Trinajstić information content (AvgIpc) is 2.98. The van der Waals surface area contributed by atoms with E-state index < -0.39 is 5.97 Å². The third-order valence-electron chi connectivity index (χ3n) is 5.45. The van der Waals surface area contributed by atoms with E-state index in [2.05, 4.69) is 4.90 Å². The summed E-state index contributed by atoms with van der Waals surface area (Å²) in [7, 11) is 0. The molecule has 0 aromatic rings. The number of aliphatic carboxylic acids is 1. The Hall–Kier alpha value is -0.280. The predicted molar refractivity (Wildman–Crippen MR) is 77.7 cm³/mol. The number of hydrogen-bond acceptors (Lipinski definition) is 2. The molecular weight excluding hydrogens is 262 g/mol. The van der Waals surface area contributed by atoms with Crippen LogP contribution in [0.15, 0.2) is 0 Å². The molecule has 3 rings (SSSR count).